The molecule has 0 saturated carbocycles. The van der Waals surface area contributed by atoms with Crippen LogP contribution in [0.15, 0.2) is 36.5 Å². The number of hydrogen-bond donors (Lipinski definition) is 0. The molecule has 0 spiro atoms. The number of amides is 1. The number of anilines is 1. The molecule has 156 valence electrons. The summed E-state index contributed by atoms with van der Waals surface area (Å²) >= 11 is 0. The lowest BCUT2D eigenvalue weighted by Gasteiger charge is -2.27. The molecular weight excluding hydrogens is 393 g/mol. The van der Waals surface area contributed by atoms with Crippen LogP contribution in [0.1, 0.15) is 37.7 Å². The van der Waals surface area contributed by atoms with Gasteiger partial charge in [-0.05, 0) is 70.5 Å². The van der Waals surface area contributed by atoms with Crippen molar-refractivity contribution < 1.29 is 13.9 Å². The van der Waals surface area contributed by atoms with Gasteiger partial charge in [0, 0.05) is 30.0 Å². The van der Waals surface area contributed by atoms with E-state index in [1.165, 1.54) is 22.6 Å². The van der Waals surface area contributed by atoms with Crippen molar-refractivity contribution >= 4 is 35.1 Å². The van der Waals surface area contributed by atoms with Gasteiger partial charge in [-0.15, -0.1) is 12.4 Å². The van der Waals surface area contributed by atoms with Crippen LogP contribution in [0.2, 0.25) is 0 Å². The quantitative estimate of drug-likeness (QED) is 0.547. The number of hydrogen-bond acceptors (Lipinski definition) is 3. The highest BCUT2D eigenvalue weighted by atomic mass is 35.5. The van der Waals surface area contributed by atoms with Crippen molar-refractivity contribution in [3.63, 3.8) is 0 Å². The van der Waals surface area contributed by atoms with Gasteiger partial charge in [-0.3, -0.25) is 9.88 Å². The first-order valence-electron chi connectivity index (χ1n) is 9.24. The molecule has 2 aromatic heterocycles. The number of ether oxygens (including phenoxy) is 1. The van der Waals surface area contributed by atoms with E-state index in [-0.39, 0.29) is 24.8 Å². The number of aryl methyl sites for hydroxylation is 2. The summed E-state index contributed by atoms with van der Waals surface area (Å²) in [6.07, 6.45) is 1.25. The molecule has 1 amide bonds. The summed E-state index contributed by atoms with van der Waals surface area (Å²) < 4.78 is 21.1. The van der Waals surface area contributed by atoms with Crippen LogP contribution < -0.4 is 4.90 Å². The molecule has 0 bridgehead atoms. The first kappa shape index (κ1) is 22.7. The summed E-state index contributed by atoms with van der Waals surface area (Å²) in [6.45, 7) is 9.80. The van der Waals surface area contributed by atoms with E-state index in [0.717, 1.165) is 22.3 Å². The van der Waals surface area contributed by atoms with Crippen LogP contribution in [0.4, 0.5) is 14.9 Å². The van der Waals surface area contributed by atoms with Gasteiger partial charge in [0.1, 0.15) is 11.4 Å². The first-order chi connectivity index (χ1) is 13.1. The minimum atomic E-state index is -0.646. The summed E-state index contributed by atoms with van der Waals surface area (Å²) in [7, 11) is 1.99. The summed E-state index contributed by atoms with van der Waals surface area (Å²) in [5.74, 6) is -0.359. The topological polar surface area (TPSA) is 47.4 Å². The smallest absolute Gasteiger partial charge is 0.415 e. The van der Waals surface area contributed by atoms with Crippen molar-refractivity contribution in [3.8, 4) is 0 Å². The van der Waals surface area contributed by atoms with Crippen molar-refractivity contribution in [1.29, 1.82) is 0 Å². The van der Waals surface area contributed by atoms with E-state index in [1.54, 1.807) is 18.3 Å². The van der Waals surface area contributed by atoms with E-state index >= 15 is 0 Å². The lowest BCUT2D eigenvalue weighted by atomic mass is 10.1. The molecule has 5 nitrogen and oxygen atoms in total. The van der Waals surface area contributed by atoms with E-state index < -0.39 is 11.7 Å². The fourth-order valence-corrected chi connectivity index (χ4v) is 3.25. The third-order valence-electron chi connectivity index (χ3n) is 4.85. The maximum absolute atomic E-state index is 13.4. The maximum atomic E-state index is 13.4. The van der Waals surface area contributed by atoms with Crippen molar-refractivity contribution in [2.45, 2.75) is 46.8 Å². The second-order valence-electron chi connectivity index (χ2n) is 7.97. The summed E-state index contributed by atoms with van der Waals surface area (Å²) in [5.41, 5.74) is 3.98. The van der Waals surface area contributed by atoms with Gasteiger partial charge in [-0.1, -0.05) is 0 Å². The summed E-state index contributed by atoms with van der Waals surface area (Å²) in [6, 6.07) is 7.79. The molecule has 2 heterocycles. The predicted molar refractivity (Wildman–Crippen MR) is 116 cm³/mol. The normalized spacial score (nSPS) is 11.3. The third kappa shape index (κ3) is 4.70. The SMILES string of the molecule is Cc1c(C)n(C)c2c(CN(C(=O)OC(C)(C)C)c3ccc(F)cc3)nccc12.Cl. The van der Waals surface area contributed by atoms with Crippen LogP contribution in [-0.4, -0.2) is 21.2 Å². The Bertz CT molecular complexity index is 1020. The third-order valence-corrected chi connectivity index (χ3v) is 4.85. The second kappa shape index (κ2) is 8.41. The van der Waals surface area contributed by atoms with Crippen LogP contribution in [0, 0.1) is 19.7 Å². The predicted octanol–water partition coefficient (Wildman–Crippen LogP) is 5.69. The number of pyridine rings is 1. The highest BCUT2D eigenvalue weighted by molar-refractivity contribution is 5.90. The molecule has 29 heavy (non-hydrogen) atoms. The molecular formula is C22H27ClFN3O2. The number of aromatic nitrogens is 2. The van der Waals surface area contributed by atoms with Crippen LogP contribution in [0.3, 0.4) is 0 Å². The zero-order valence-electron chi connectivity index (χ0n) is 17.6. The molecule has 0 aliphatic heterocycles. The van der Waals surface area contributed by atoms with Gasteiger partial charge >= 0.3 is 6.09 Å². The number of rotatable bonds is 3. The van der Waals surface area contributed by atoms with Crippen LogP contribution >= 0.6 is 12.4 Å². The number of benzene rings is 1. The van der Waals surface area contributed by atoms with E-state index in [2.05, 4.69) is 23.4 Å². The van der Waals surface area contributed by atoms with E-state index in [1.807, 2.05) is 33.9 Å². The molecule has 0 fully saturated rings. The van der Waals surface area contributed by atoms with Gasteiger partial charge < -0.3 is 9.30 Å². The molecule has 1 aromatic carbocycles. The van der Waals surface area contributed by atoms with Gasteiger partial charge in [0.15, 0.2) is 0 Å². The number of carbonyl (C=O) groups excluding carboxylic acids is 1. The van der Waals surface area contributed by atoms with Gasteiger partial charge in [-0.25, -0.2) is 9.18 Å². The monoisotopic (exact) mass is 419 g/mol. The molecule has 0 aliphatic rings. The molecule has 3 rings (SSSR count). The van der Waals surface area contributed by atoms with Crippen molar-refractivity contribution in [1.82, 2.24) is 9.55 Å². The largest absolute Gasteiger partial charge is 0.443 e. The number of fused-ring (bicyclic) bond motifs is 1. The number of nitrogens with zero attached hydrogens (tertiary/aromatic N) is 3. The maximum Gasteiger partial charge on any atom is 0.415 e. The van der Waals surface area contributed by atoms with E-state index in [0.29, 0.717) is 5.69 Å². The van der Waals surface area contributed by atoms with Gasteiger partial charge in [-0.2, -0.15) is 0 Å². The minimum Gasteiger partial charge on any atom is -0.443 e. The zero-order valence-corrected chi connectivity index (χ0v) is 18.4. The Morgan fingerprint density at radius 3 is 2.38 bits per heavy atom. The molecule has 0 saturated heterocycles. The average Bonchev–Trinajstić information content (AvgIpc) is 2.84. The number of carbonyl (C=O) groups is 1. The molecule has 7 heteroatoms. The second-order valence-corrected chi connectivity index (χ2v) is 7.97. The molecule has 0 unspecified atom stereocenters. The Labute approximate surface area is 176 Å². The first-order valence-corrected chi connectivity index (χ1v) is 9.24. The van der Waals surface area contributed by atoms with Crippen molar-refractivity contribution in [2.24, 2.45) is 7.05 Å². The molecule has 0 N–H and O–H groups in total. The average molecular weight is 420 g/mol. The Morgan fingerprint density at radius 2 is 1.79 bits per heavy atom. The van der Waals surface area contributed by atoms with Gasteiger partial charge in [0.05, 0.1) is 17.8 Å². The zero-order chi connectivity index (χ0) is 20.6. The summed E-state index contributed by atoms with van der Waals surface area (Å²) in [5, 5.41) is 1.10. The van der Waals surface area contributed by atoms with Crippen molar-refractivity contribution in [3.05, 3.63) is 59.3 Å². The standard InChI is InChI=1S/C22H26FN3O2.ClH/c1-14-15(2)25(6)20-18(14)11-12-24-19(20)13-26(21(27)28-22(3,4)5)17-9-7-16(23)8-10-17;/h7-12H,13H2,1-6H3;1H. The fraction of sp³-hybridized carbons (Fsp3) is 0.364. The molecule has 0 radical (unpaired) electrons. The van der Waals surface area contributed by atoms with Gasteiger partial charge in [0.2, 0.25) is 0 Å². The van der Waals surface area contributed by atoms with E-state index in [9.17, 15) is 9.18 Å². The van der Waals surface area contributed by atoms with Crippen LogP contribution in [0.5, 0.6) is 0 Å². The van der Waals surface area contributed by atoms with Crippen LogP contribution in [0.25, 0.3) is 10.9 Å². The molecule has 3 aromatic rings. The van der Waals surface area contributed by atoms with Gasteiger partial charge in [0.25, 0.3) is 0 Å². The molecule has 0 aliphatic carbocycles. The Hall–Kier alpha value is -2.60. The van der Waals surface area contributed by atoms with E-state index in [4.69, 9.17) is 4.74 Å². The highest BCUT2D eigenvalue weighted by Gasteiger charge is 2.25. The Morgan fingerprint density at radius 1 is 1.17 bits per heavy atom. The summed E-state index contributed by atoms with van der Waals surface area (Å²) in [4.78, 5) is 18.9. The lowest BCUT2D eigenvalue weighted by molar-refractivity contribution is 0.0577. The van der Waals surface area contributed by atoms with Crippen molar-refractivity contribution in [2.75, 3.05) is 4.90 Å². The molecule has 0 atom stereocenters. The van der Waals surface area contributed by atoms with Crippen LogP contribution in [-0.2, 0) is 18.3 Å². The lowest BCUT2D eigenvalue weighted by Crippen LogP contribution is -2.36. The Kier molecular flexibility index (Phi) is 6.58. The fourth-order valence-electron chi connectivity index (χ4n) is 3.25. The highest BCUT2D eigenvalue weighted by Crippen LogP contribution is 2.28. The Balaban J connectivity index is 0.00000300. The number of halogens is 2. The minimum absolute atomic E-state index is 0.